The summed E-state index contributed by atoms with van der Waals surface area (Å²) in [5.74, 6) is 2.54. The number of amides is 1. The summed E-state index contributed by atoms with van der Waals surface area (Å²) in [4.78, 5) is 17.3. The number of benzene rings is 2. The zero-order chi connectivity index (χ0) is 19.5. The van der Waals surface area contributed by atoms with Crippen LogP contribution >= 0.6 is 0 Å². The van der Waals surface area contributed by atoms with Crippen molar-refractivity contribution >= 4 is 11.6 Å². The summed E-state index contributed by atoms with van der Waals surface area (Å²) < 4.78 is 16.4. The highest BCUT2D eigenvalue weighted by molar-refractivity contribution is 5.80. The third-order valence-electron chi connectivity index (χ3n) is 5.53. The summed E-state index contributed by atoms with van der Waals surface area (Å²) in [6, 6.07) is 13.8. The smallest absolute Gasteiger partial charge is 0.229 e. The predicted octanol–water partition coefficient (Wildman–Crippen LogP) is 2.60. The van der Waals surface area contributed by atoms with E-state index in [1.54, 1.807) is 14.2 Å². The minimum atomic E-state index is -0.136. The normalized spacial score (nSPS) is 18.9. The van der Waals surface area contributed by atoms with Crippen LogP contribution in [0.1, 0.15) is 5.56 Å². The molecule has 0 bridgehead atoms. The van der Waals surface area contributed by atoms with Crippen molar-refractivity contribution in [2.45, 2.75) is 6.42 Å². The van der Waals surface area contributed by atoms with E-state index in [9.17, 15) is 4.79 Å². The molecule has 0 aromatic heterocycles. The summed E-state index contributed by atoms with van der Waals surface area (Å²) in [7, 11) is 3.32. The summed E-state index contributed by atoms with van der Waals surface area (Å²) in [6.07, 6.45) is 0.696. The van der Waals surface area contributed by atoms with Crippen molar-refractivity contribution in [2.75, 3.05) is 51.9 Å². The molecule has 2 aliphatic rings. The first kappa shape index (κ1) is 18.5. The van der Waals surface area contributed by atoms with Gasteiger partial charge in [-0.2, -0.15) is 0 Å². The maximum absolute atomic E-state index is 13.0. The summed E-state index contributed by atoms with van der Waals surface area (Å²) >= 11 is 0. The Labute approximate surface area is 165 Å². The number of fused-ring (bicyclic) bond motifs is 1. The Morgan fingerprint density at radius 2 is 1.75 bits per heavy atom. The molecule has 2 aliphatic heterocycles. The Balaban J connectivity index is 1.37. The molecule has 0 N–H and O–H groups in total. The topological polar surface area (TPSA) is 51.2 Å². The van der Waals surface area contributed by atoms with Gasteiger partial charge in [0.2, 0.25) is 5.91 Å². The lowest BCUT2D eigenvalue weighted by Crippen LogP contribution is -2.51. The van der Waals surface area contributed by atoms with Crippen LogP contribution in [0.2, 0.25) is 0 Å². The Morgan fingerprint density at radius 1 is 1.00 bits per heavy atom. The standard InChI is InChI=1S/C22H26N2O4/c1-26-19-5-3-4-18(14-19)23-8-10-24(11-9-23)22(25)17-12-16-13-20(27-2)6-7-21(16)28-15-17/h3-7,13-14,17H,8-12,15H2,1-2H3/t17-/m0/s1. The van der Waals surface area contributed by atoms with Gasteiger partial charge in [-0.05, 0) is 42.3 Å². The largest absolute Gasteiger partial charge is 0.497 e. The van der Waals surface area contributed by atoms with Crippen molar-refractivity contribution in [3.8, 4) is 17.2 Å². The predicted molar refractivity (Wildman–Crippen MR) is 107 cm³/mol. The second-order valence-electron chi connectivity index (χ2n) is 7.20. The van der Waals surface area contributed by atoms with Crippen LogP contribution in [0.25, 0.3) is 0 Å². The first-order chi connectivity index (χ1) is 13.7. The number of hydrogen-bond acceptors (Lipinski definition) is 5. The molecule has 4 rings (SSSR count). The number of nitrogens with zero attached hydrogens (tertiary/aromatic N) is 2. The van der Waals surface area contributed by atoms with Crippen molar-refractivity contribution in [1.29, 1.82) is 0 Å². The van der Waals surface area contributed by atoms with Crippen molar-refractivity contribution < 1.29 is 19.0 Å². The lowest BCUT2D eigenvalue weighted by molar-refractivity contribution is -0.137. The lowest BCUT2D eigenvalue weighted by Gasteiger charge is -2.38. The van der Waals surface area contributed by atoms with Crippen LogP contribution in [0.3, 0.4) is 0 Å². The fourth-order valence-corrected chi connectivity index (χ4v) is 3.91. The van der Waals surface area contributed by atoms with Gasteiger partial charge in [0.25, 0.3) is 0 Å². The van der Waals surface area contributed by atoms with Crippen LogP contribution in [-0.4, -0.2) is 57.8 Å². The van der Waals surface area contributed by atoms with E-state index in [1.165, 1.54) is 0 Å². The second kappa shape index (κ2) is 8.00. The molecule has 1 atom stereocenters. The van der Waals surface area contributed by atoms with Gasteiger partial charge in [0.1, 0.15) is 23.9 Å². The third kappa shape index (κ3) is 3.72. The average Bonchev–Trinajstić information content (AvgIpc) is 2.78. The van der Waals surface area contributed by atoms with Gasteiger partial charge in [0.05, 0.1) is 20.1 Å². The molecule has 2 aromatic carbocycles. The van der Waals surface area contributed by atoms with E-state index in [-0.39, 0.29) is 11.8 Å². The van der Waals surface area contributed by atoms with Crippen LogP contribution in [0.15, 0.2) is 42.5 Å². The highest BCUT2D eigenvalue weighted by Gasteiger charge is 2.31. The summed E-state index contributed by atoms with van der Waals surface area (Å²) in [6.45, 7) is 3.51. The summed E-state index contributed by atoms with van der Waals surface area (Å²) in [5, 5.41) is 0. The number of rotatable bonds is 4. The molecule has 148 valence electrons. The van der Waals surface area contributed by atoms with Crippen LogP contribution in [0.5, 0.6) is 17.2 Å². The number of carbonyl (C=O) groups excluding carboxylic acids is 1. The Morgan fingerprint density at radius 3 is 2.50 bits per heavy atom. The van der Waals surface area contributed by atoms with E-state index in [0.717, 1.165) is 54.7 Å². The van der Waals surface area contributed by atoms with E-state index < -0.39 is 0 Å². The highest BCUT2D eigenvalue weighted by atomic mass is 16.5. The lowest BCUT2D eigenvalue weighted by atomic mass is 9.95. The first-order valence-electron chi connectivity index (χ1n) is 9.65. The zero-order valence-corrected chi connectivity index (χ0v) is 16.4. The number of anilines is 1. The Hall–Kier alpha value is -2.89. The number of piperazine rings is 1. The van der Waals surface area contributed by atoms with E-state index in [0.29, 0.717) is 13.0 Å². The van der Waals surface area contributed by atoms with Crippen molar-refractivity contribution in [3.05, 3.63) is 48.0 Å². The molecular formula is C22H26N2O4. The molecule has 6 heteroatoms. The second-order valence-corrected chi connectivity index (χ2v) is 7.20. The van der Waals surface area contributed by atoms with Gasteiger partial charge in [-0.3, -0.25) is 4.79 Å². The van der Waals surface area contributed by atoms with Crippen molar-refractivity contribution in [2.24, 2.45) is 5.92 Å². The molecule has 6 nitrogen and oxygen atoms in total. The Bertz CT molecular complexity index is 846. The SMILES string of the molecule is COc1cccc(N2CCN(C(=O)[C@@H]3COc4ccc(OC)cc4C3)CC2)c1. The van der Waals surface area contributed by atoms with E-state index in [1.807, 2.05) is 41.3 Å². The van der Waals surface area contributed by atoms with Gasteiger partial charge in [-0.15, -0.1) is 0 Å². The van der Waals surface area contributed by atoms with Gasteiger partial charge in [-0.25, -0.2) is 0 Å². The van der Waals surface area contributed by atoms with Crippen molar-refractivity contribution in [3.63, 3.8) is 0 Å². The highest BCUT2D eigenvalue weighted by Crippen LogP contribution is 2.31. The van der Waals surface area contributed by atoms with Gasteiger partial charge in [-0.1, -0.05) is 6.07 Å². The zero-order valence-electron chi connectivity index (χ0n) is 16.4. The quantitative estimate of drug-likeness (QED) is 0.814. The first-order valence-corrected chi connectivity index (χ1v) is 9.65. The number of methoxy groups -OCH3 is 2. The van der Waals surface area contributed by atoms with Crippen LogP contribution in [0.4, 0.5) is 5.69 Å². The van der Waals surface area contributed by atoms with Crippen molar-refractivity contribution in [1.82, 2.24) is 4.90 Å². The van der Waals surface area contributed by atoms with Gasteiger partial charge in [0.15, 0.2) is 0 Å². The molecule has 2 aromatic rings. The molecule has 1 amide bonds. The van der Waals surface area contributed by atoms with E-state index >= 15 is 0 Å². The van der Waals surface area contributed by atoms with E-state index in [2.05, 4.69) is 11.0 Å². The third-order valence-corrected chi connectivity index (χ3v) is 5.53. The van der Waals surface area contributed by atoms with E-state index in [4.69, 9.17) is 14.2 Å². The maximum atomic E-state index is 13.0. The van der Waals surface area contributed by atoms with Crippen LogP contribution in [0, 0.1) is 5.92 Å². The number of carbonyl (C=O) groups is 1. The number of ether oxygens (including phenoxy) is 3. The molecule has 28 heavy (non-hydrogen) atoms. The van der Waals surface area contributed by atoms with Crippen LogP contribution in [-0.2, 0) is 11.2 Å². The molecular weight excluding hydrogens is 356 g/mol. The summed E-state index contributed by atoms with van der Waals surface area (Å²) in [5.41, 5.74) is 2.17. The molecule has 2 heterocycles. The molecule has 0 spiro atoms. The average molecular weight is 382 g/mol. The van der Waals surface area contributed by atoms with Gasteiger partial charge < -0.3 is 24.0 Å². The minimum absolute atomic E-state index is 0.136. The maximum Gasteiger partial charge on any atom is 0.229 e. The molecule has 1 saturated heterocycles. The molecule has 0 aliphatic carbocycles. The molecule has 0 saturated carbocycles. The number of hydrogen-bond donors (Lipinski definition) is 0. The van der Waals surface area contributed by atoms with Gasteiger partial charge in [0, 0.05) is 37.9 Å². The van der Waals surface area contributed by atoms with Crippen LogP contribution < -0.4 is 19.1 Å². The molecule has 0 radical (unpaired) electrons. The fraction of sp³-hybridized carbons (Fsp3) is 0.409. The Kier molecular flexibility index (Phi) is 5.28. The fourth-order valence-electron chi connectivity index (χ4n) is 3.91. The van der Waals surface area contributed by atoms with Gasteiger partial charge >= 0.3 is 0 Å². The monoisotopic (exact) mass is 382 g/mol. The molecule has 1 fully saturated rings. The molecule has 0 unspecified atom stereocenters. The minimum Gasteiger partial charge on any atom is -0.497 e.